The second kappa shape index (κ2) is 5.08. The zero-order valence-electron chi connectivity index (χ0n) is 11.5. The van der Waals surface area contributed by atoms with Crippen molar-refractivity contribution in [2.75, 3.05) is 7.11 Å². The molecule has 0 heterocycles. The zero-order chi connectivity index (χ0) is 14.1. The molecule has 2 rings (SSSR count). The third-order valence-corrected chi connectivity index (χ3v) is 3.97. The monoisotopic (exact) mass is 269 g/mol. The van der Waals surface area contributed by atoms with Crippen LogP contribution in [0.5, 0.6) is 5.75 Å². The van der Waals surface area contributed by atoms with Gasteiger partial charge >= 0.3 is 0 Å². The van der Waals surface area contributed by atoms with Gasteiger partial charge in [-0.3, -0.25) is 0 Å². The lowest BCUT2D eigenvalue weighted by atomic mass is 9.75. The van der Waals surface area contributed by atoms with Crippen LogP contribution in [0.25, 0.3) is 0 Å². The summed E-state index contributed by atoms with van der Waals surface area (Å²) in [5.74, 6) is -2.73. The van der Waals surface area contributed by atoms with E-state index in [1.165, 1.54) is 7.11 Å². The van der Waals surface area contributed by atoms with Crippen LogP contribution in [0.15, 0.2) is 18.2 Å². The number of rotatable bonds is 3. The predicted octanol–water partition coefficient (Wildman–Crippen LogP) is 3.93. The number of hydrogen-bond donors (Lipinski definition) is 1. The van der Waals surface area contributed by atoms with Crippen molar-refractivity contribution in [1.82, 2.24) is 0 Å². The van der Waals surface area contributed by atoms with E-state index < -0.39 is 11.5 Å². The van der Waals surface area contributed by atoms with Crippen molar-refractivity contribution in [2.45, 2.75) is 50.5 Å². The average Bonchev–Trinajstić information content (AvgIpc) is 2.37. The summed E-state index contributed by atoms with van der Waals surface area (Å²) in [6, 6.07) is 5.04. The molecule has 0 amide bonds. The zero-order valence-corrected chi connectivity index (χ0v) is 11.5. The third-order valence-electron chi connectivity index (χ3n) is 3.97. The quantitative estimate of drug-likeness (QED) is 0.902. The highest BCUT2D eigenvalue weighted by Gasteiger charge is 2.39. The molecule has 1 aromatic carbocycles. The standard InChI is InChI=1S/C15H21F2NO/c1-14(16,17)13-11(7-6-8-12(13)19-2)15(18)9-4-3-5-10-15/h6-8H,3-5,9-10,18H2,1-2H3. The summed E-state index contributed by atoms with van der Waals surface area (Å²) in [4.78, 5) is 0. The van der Waals surface area contributed by atoms with Crippen LogP contribution < -0.4 is 10.5 Å². The van der Waals surface area contributed by atoms with E-state index in [9.17, 15) is 8.78 Å². The molecular weight excluding hydrogens is 248 g/mol. The minimum absolute atomic E-state index is 0.0538. The lowest BCUT2D eigenvalue weighted by Gasteiger charge is -2.36. The SMILES string of the molecule is COc1cccc(C2(N)CCCCC2)c1C(C)(F)F. The molecule has 0 radical (unpaired) electrons. The van der Waals surface area contributed by atoms with E-state index >= 15 is 0 Å². The van der Waals surface area contributed by atoms with Crippen LogP contribution >= 0.6 is 0 Å². The van der Waals surface area contributed by atoms with Crippen molar-refractivity contribution in [2.24, 2.45) is 5.73 Å². The van der Waals surface area contributed by atoms with Crippen molar-refractivity contribution >= 4 is 0 Å². The highest BCUT2D eigenvalue weighted by Crippen LogP contribution is 2.44. The van der Waals surface area contributed by atoms with Crippen LogP contribution in [0.3, 0.4) is 0 Å². The lowest BCUT2D eigenvalue weighted by Crippen LogP contribution is -2.40. The minimum atomic E-state index is -2.95. The Morgan fingerprint density at radius 2 is 1.84 bits per heavy atom. The van der Waals surface area contributed by atoms with Gasteiger partial charge in [-0.1, -0.05) is 31.4 Å². The average molecular weight is 269 g/mol. The van der Waals surface area contributed by atoms with E-state index in [1.807, 2.05) is 0 Å². The van der Waals surface area contributed by atoms with Gasteiger partial charge < -0.3 is 10.5 Å². The first kappa shape index (κ1) is 14.3. The molecule has 0 saturated heterocycles. The van der Waals surface area contributed by atoms with Crippen LogP contribution in [-0.2, 0) is 11.5 Å². The summed E-state index contributed by atoms with van der Waals surface area (Å²) in [5.41, 5.74) is 6.25. The maximum atomic E-state index is 14.0. The van der Waals surface area contributed by atoms with Gasteiger partial charge in [0, 0.05) is 12.5 Å². The molecule has 1 saturated carbocycles. The summed E-state index contributed by atoms with van der Waals surface area (Å²) in [5, 5.41) is 0. The molecular formula is C15H21F2NO. The van der Waals surface area contributed by atoms with Crippen LogP contribution in [0, 0.1) is 0 Å². The Balaban J connectivity index is 2.56. The Morgan fingerprint density at radius 3 is 2.37 bits per heavy atom. The predicted molar refractivity (Wildman–Crippen MR) is 71.5 cm³/mol. The van der Waals surface area contributed by atoms with Crippen molar-refractivity contribution in [3.05, 3.63) is 29.3 Å². The van der Waals surface area contributed by atoms with E-state index in [0.29, 0.717) is 5.56 Å². The van der Waals surface area contributed by atoms with E-state index in [4.69, 9.17) is 10.5 Å². The number of nitrogens with two attached hydrogens (primary N) is 1. The van der Waals surface area contributed by atoms with Crippen molar-refractivity contribution in [3.8, 4) is 5.75 Å². The maximum Gasteiger partial charge on any atom is 0.274 e. The maximum absolute atomic E-state index is 14.0. The highest BCUT2D eigenvalue weighted by molar-refractivity contribution is 5.46. The number of methoxy groups -OCH3 is 1. The topological polar surface area (TPSA) is 35.2 Å². The Bertz CT molecular complexity index is 448. The minimum Gasteiger partial charge on any atom is -0.496 e. The first-order valence-corrected chi connectivity index (χ1v) is 6.73. The summed E-state index contributed by atoms with van der Waals surface area (Å²) in [6.45, 7) is 0.903. The van der Waals surface area contributed by atoms with Gasteiger partial charge in [0.2, 0.25) is 0 Å². The smallest absolute Gasteiger partial charge is 0.274 e. The number of ether oxygens (including phenoxy) is 1. The summed E-state index contributed by atoms with van der Waals surface area (Å²) < 4.78 is 33.0. The molecule has 0 spiro atoms. The van der Waals surface area contributed by atoms with Gasteiger partial charge in [0.15, 0.2) is 0 Å². The normalized spacial score (nSPS) is 19.2. The fourth-order valence-electron chi connectivity index (χ4n) is 3.02. The molecule has 1 aromatic rings. The Labute approximate surface area is 112 Å². The van der Waals surface area contributed by atoms with Gasteiger partial charge in [0.25, 0.3) is 5.92 Å². The number of hydrogen-bond acceptors (Lipinski definition) is 2. The van der Waals surface area contributed by atoms with Crippen molar-refractivity contribution in [3.63, 3.8) is 0 Å². The molecule has 0 atom stereocenters. The summed E-state index contributed by atoms with van der Waals surface area (Å²) >= 11 is 0. The Kier molecular flexibility index (Phi) is 3.81. The fourth-order valence-corrected chi connectivity index (χ4v) is 3.02. The van der Waals surface area contributed by atoms with E-state index in [-0.39, 0.29) is 11.3 Å². The Morgan fingerprint density at radius 1 is 1.21 bits per heavy atom. The second-order valence-electron chi connectivity index (χ2n) is 5.49. The lowest BCUT2D eigenvalue weighted by molar-refractivity contribution is 0.0123. The van der Waals surface area contributed by atoms with Crippen molar-refractivity contribution in [1.29, 1.82) is 0 Å². The second-order valence-corrected chi connectivity index (χ2v) is 5.49. The van der Waals surface area contributed by atoms with Crippen LogP contribution in [0.4, 0.5) is 8.78 Å². The molecule has 2 nitrogen and oxygen atoms in total. The van der Waals surface area contributed by atoms with Gasteiger partial charge in [-0.15, -0.1) is 0 Å². The molecule has 106 valence electrons. The largest absolute Gasteiger partial charge is 0.496 e. The van der Waals surface area contributed by atoms with Gasteiger partial charge in [0.05, 0.1) is 12.7 Å². The molecule has 0 aromatic heterocycles. The number of benzene rings is 1. The van der Waals surface area contributed by atoms with Crippen LogP contribution in [0.2, 0.25) is 0 Å². The summed E-state index contributed by atoms with van der Waals surface area (Å²) in [6.07, 6.45) is 4.61. The summed E-state index contributed by atoms with van der Waals surface area (Å²) in [7, 11) is 1.42. The van der Waals surface area contributed by atoms with Crippen molar-refractivity contribution < 1.29 is 13.5 Å². The molecule has 0 bridgehead atoms. The molecule has 1 aliphatic rings. The molecule has 1 fully saturated rings. The highest BCUT2D eigenvalue weighted by atomic mass is 19.3. The van der Waals surface area contributed by atoms with Crippen LogP contribution in [0.1, 0.15) is 50.2 Å². The molecule has 1 aliphatic carbocycles. The fraction of sp³-hybridized carbons (Fsp3) is 0.600. The van der Waals surface area contributed by atoms with Gasteiger partial charge in [-0.25, -0.2) is 8.78 Å². The molecule has 0 aliphatic heterocycles. The van der Waals surface area contributed by atoms with Gasteiger partial charge in [0.1, 0.15) is 5.75 Å². The van der Waals surface area contributed by atoms with Gasteiger partial charge in [-0.05, 0) is 24.5 Å². The molecule has 0 unspecified atom stereocenters. The van der Waals surface area contributed by atoms with E-state index in [0.717, 1.165) is 39.0 Å². The molecule has 2 N–H and O–H groups in total. The Hall–Kier alpha value is -1.16. The molecule has 4 heteroatoms. The first-order chi connectivity index (χ1) is 8.88. The first-order valence-electron chi connectivity index (χ1n) is 6.73. The molecule has 19 heavy (non-hydrogen) atoms. The third kappa shape index (κ3) is 2.73. The van der Waals surface area contributed by atoms with E-state index in [1.54, 1.807) is 18.2 Å². The van der Waals surface area contributed by atoms with Crippen LogP contribution in [-0.4, -0.2) is 7.11 Å². The van der Waals surface area contributed by atoms with E-state index in [2.05, 4.69) is 0 Å². The van der Waals surface area contributed by atoms with Gasteiger partial charge in [-0.2, -0.15) is 0 Å². The number of halogens is 2. The number of alkyl halides is 2.